The Morgan fingerprint density at radius 2 is 1.77 bits per heavy atom. The predicted octanol–water partition coefficient (Wildman–Crippen LogP) is -1.17. The number of carbonyl (C=O) groups is 1. The van der Waals surface area contributed by atoms with E-state index in [9.17, 15) is 13.6 Å². The molecule has 1 heterocycles. The summed E-state index contributed by atoms with van der Waals surface area (Å²) in [5, 5.41) is 26.1. The number of carboxylic acids is 1. The maximum atomic E-state index is 12.6. The van der Waals surface area contributed by atoms with Gasteiger partial charge in [-0.15, -0.1) is 0 Å². The molecule has 0 unspecified atom stereocenters. The van der Waals surface area contributed by atoms with E-state index in [2.05, 4.69) is 4.74 Å². The number of aliphatic hydroxyl groups excluding tert-OH is 2. The molecule has 13 heavy (non-hydrogen) atoms. The molecule has 7 heteroatoms. The zero-order valence-corrected chi connectivity index (χ0v) is 6.30. The summed E-state index contributed by atoms with van der Waals surface area (Å²) in [5.74, 6) is -1.65. The molecule has 0 aromatic heterocycles. The van der Waals surface area contributed by atoms with Crippen LogP contribution < -0.4 is 0 Å². The Morgan fingerprint density at radius 3 is 2.23 bits per heavy atom. The summed E-state index contributed by atoms with van der Waals surface area (Å²) in [7, 11) is 0. The van der Waals surface area contributed by atoms with Gasteiger partial charge >= 0.3 is 5.97 Å². The van der Waals surface area contributed by atoms with E-state index >= 15 is 0 Å². The van der Waals surface area contributed by atoms with Crippen LogP contribution >= 0.6 is 0 Å². The van der Waals surface area contributed by atoms with Crippen molar-refractivity contribution in [2.24, 2.45) is 0 Å². The molecule has 1 fully saturated rings. The molecule has 0 bridgehead atoms. The molecule has 76 valence electrons. The number of ether oxygens (including phenoxy) is 1. The average molecular weight is 198 g/mol. The van der Waals surface area contributed by atoms with Crippen LogP contribution in [0.5, 0.6) is 0 Å². The molecule has 1 aliphatic heterocycles. The number of alkyl halides is 2. The first-order chi connectivity index (χ1) is 5.95. The highest BCUT2D eigenvalue weighted by Gasteiger charge is 2.48. The van der Waals surface area contributed by atoms with Gasteiger partial charge in [0.15, 0.2) is 12.3 Å². The van der Waals surface area contributed by atoms with Crippen LogP contribution in [0.4, 0.5) is 8.78 Å². The van der Waals surface area contributed by atoms with Crippen LogP contribution in [0.3, 0.4) is 0 Å². The number of hydrogen-bond acceptors (Lipinski definition) is 4. The van der Waals surface area contributed by atoms with Crippen LogP contribution in [0.25, 0.3) is 0 Å². The lowest BCUT2D eigenvalue weighted by atomic mass is 10.0. The molecule has 1 rings (SSSR count). The lowest BCUT2D eigenvalue weighted by Gasteiger charge is -2.33. The van der Waals surface area contributed by atoms with E-state index in [4.69, 9.17) is 15.3 Å². The number of rotatable bonds is 1. The van der Waals surface area contributed by atoms with E-state index in [1.54, 1.807) is 0 Å². The van der Waals surface area contributed by atoms with Crippen molar-refractivity contribution in [2.75, 3.05) is 0 Å². The first-order valence-corrected chi connectivity index (χ1v) is 3.47. The minimum Gasteiger partial charge on any atom is -0.479 e. The van der Waals surface area contributed by atoms with Gasteiger partial charge in [0.25, 0.3) is 0 Å². The number of hydrogen-bond donors (Lipinski definition) is 3. The fraction of sp³-hybridized carbons (Fsp3) is 0.833. The van der Waals surface area contributed by atoms with Crippen molar-refractivity contribution in [3.05, 3.63) is 0 Å². The van der Waals surface area contributed by atoms with Gasteiger partial charge in [-0.2, -0.15) is 0 Å². The van der Waals surface area contributed by atoms with E-state index < -0.39 is 36.8 Å². The van der Waals surface area contributed by atoms with Crippen LogP contribution in [0.1, 0.15) is 0 Å². The lowest BCUT2D eigenvalue weighted by Crippen LogP contribution is -2.57. The average Bonchev–Trinajstić information content (AvgIpc) is 2.07. The number of carboxylic acid groups (broad SMARTS) is 1. The summed E-state index contributed by atoms with van der Waals surface area (Å²) < 4.78 is 29.0. The zero-order chi connectivity index (χ0) is 10.2. The minimum atomic E-state index is -2.53. The van der Waals surface area contributed by atoms with Gasteiger partial charge in [0.05, 0.1) is 0 Å². The van der Waals surface area contributed by atoms with E-state index in [1.165, 1.54) is 0 Å². The molecule has 0 aromatic carbocycles. The molecule has 3 N–H and O–H groups in total. The number of aliphatic hydroxyl groups is 2. The number of aliphatic carboxylic acids is 1. The van der Waals surface area contributed by atoms with Gasteiger partial charge in [-0.1, -0.05) is 0 Å². The van der Waals surface area contributed by atoms with Crippen molar-refractivity contribution >= 4 is 5.97 Å². The standard InChI is InChI=1S/C6H8F2O5/c7-1-2(9)3(10)4(6(11)12)13-5(1)8/h1-5,9-10H,(H,11,12)/t1-,2-,3+,4-,5-/m1/s1. The topological polar surface area (TPSA) is 87.0 Å². The number of halogens is 2. The van der Waals surface area contributed by atoms with Gasteiger partial charge in [0.1, 0.15) is 12.2 Å². The van der Waals surface area contributed by atoms with Gasteiger partial charge in [-0.3, -0.25) is 0 Å². The third-order valence-corrected chi connectivity index (χ3v) is 1.76. The molecule has 0 amide bonds. The zero-order valence-electron chi connectivity index (χ0n) is 6.30. The smallest absolute Gasteiger partial charge is 0.335 e. The van der Waals surface area contributed by atoms with Crippen LogP contribution in [-0.2, 0) is 9.53 Å². The van der Waals surface area contributed by atoms with E-state index in [0.717, 1.165) is 0 Å². The Kier molecular flexibility index (Phi) is 2.79. The van der Waals surface area contributed by atoms with Crippen molar-refractivity contribution < 1.29 is 33.6 Å². The van der Waals surface area contributed by atoms with Gasteiger partial charge in [-0.05, 0) is 0 Å². The highest BCUT2D eigenvalue weighted by Crippen LogP contribution is 2.24. The maximum absolute atomic E-state index is 12.6. The normalized spacial score (nSPS) is 46.0. The molecule has 0 aromatic rings. The fourth-order valence-electron chi connectivity index (χ4n) is 1.02. The van der Waals surface area contributed by atoms with Gasteiger partial charge in [0, 0.05) is 0 Å². The maximum Gasteiger partial charge on any atom is 0.335 e. The van der Waals surface area contributed by atoms with Crippen LogP contribution in [0.2, 0.25) is 0 Å². The Balaban J connectivity index is 2.76. The molecule has 0 radical (unpaired) electrons. The Labute approximate surface area is 71.5 Å². The highest BCUT2D eigenvalue weighted by molar-refractivity contribution is 5.73. The monoisotopic (exact) mass is 198 g/mol. The van der Waals surface area contributed by atoms with E-state index in [1.807, 2.05) is 0 Å². The summed E-state index contributed by atoms with van der Waals surface area (Å²) in [4.78, 5) is 10.3. The molecule has 1 aliphatic rings. The second kappa shape index (κ2) is 3.52. The Hall–Kier alpha value is -0.790. The van der Waals surface area contributed by atoms with Crippen molar-refractivity contribution in [2.45, 2.75) is 30.8 Å². The molecule has 1 saturated heterocycles. The second-order valence-electron chi connectivity index (χ2n) is 2.67. The minimum absolute atomic E-state index is 1.65. The third kappa shape index (κ3) is 1.77. The summed E-state index contributed by atoms with van der Waals surface area (Å²) in [6.07, 6.45) is -10.9. The largest absolute Gasteiger partial charge is 0.479 e. The van der Waals surface area contributed by atoms with Crippen molar-refractivity contribution in [3.63, 3.8) is 0 Å². The van der Waals surface area contributed by atoms with E-state index in [-0.39, 0.29) is 0 Å². The second-order valence-corrected chi connectivity index (χ2v) is 2.67. The first kappa shape index (κ1) is 10.3. The summed E-state index contributed by atoms with van der Waals surface area (Å²) >= 11 is 0. The predicted molar refractivity (Wildman–Crippen MR) is 34.3 cm³/mol. The molecule has 5 nitrogen and oxygen atoms in total. The van der Waals surface area contributed by atoms with Crippen molar-refractivity contribution in [1.29, 1.82) is 0 Å². The quantitative estimate of drug-likeness (QED) is 0.494. The molecular formula is C6H8F2O5. The van der Waals surface area contributed by atoms with Crippen LogP contribution in [-0.4, -0.2) is 52.1 Å². The van der Waals surface area contributed by atoms with Gasteiger partial charge in [-0.25, -0.2) is 13.6 Å². The summed E-state index contributed by atoms with van der Waals surface area (Å²) in [5.41, 5.74) is 0. The van der Waals surface area contributed by atoms with Crippen LogP contribution in [0.15, 0.2) is 0 Å². The van der Waals surface area contributed by atoms with Crippen LogP contribution in [0, 0.1) is 0 Å². The molecular weight excluding hydrogens is 190 g/mol. The fourth-order valence-corrected chi connectivity index (χ4v) is 1.02. The SMILES string of the molecule is O=C(O)[C@@H]1O[C@@H](F)[C@H](F)[C@@H](O)[C@@H]1O. The summed E-state index contributed by atoms with van der Waals surface area (Å²) in [6, 6.07) is 0. The highest BCUT2D eigenvalue weighted by atomic mass is 19.2. The molecule has 0 spiro atoms. The van der Waals surface area contributed by atoms with Gasteiger partial charge in [0.2, 0.25) is 6.36 Å². The first-order valence-electron chi connectivity index (χ1n) is 3.47. The summed E-state index contributed by atoms with van der Waals surface area (Å²) in [6.45, 7) is 0. The Morgan fingerprint density at radius 1 is 1.23 bits per heavy atom. The van der Waals surface area contributed by atoms with E-state index in [0.29, 0.717) is 0 Å². The van der Waals surface area contributed by atoms with Crippen molar-refractivity contribution in [3.8, 4) is 0 Å². The Bertz CT molecular complexity index is 211. The van der Waals surface area contributed by atoms with Gasteiger partial charge < -0.3 is 20.1 Å². The lowest BCUT2D eigenvalue weighted by molar-refractivity contribution is -0.242. The molecule has 0 saturated carbocycles. The molecule has 0 aliphatic carbocycles. The molecule has 5 atom stereocenters. The van der Waals surface area contributed by atoms with Crippen molar-refractivity contribution in [1.82, 2.24) is 0 Å². The third-order valence-electron chi connectivity index (χ3n) is 1.76.